The van der Waals surface area contributed by atoms with E-state index in [4.69, 9.17) is 11.5 Å². The summed E-state index contributed by atoms with van der Waals surface area (Å²) in [6, 6.07) is 11.0. The summed E-state index contributed by atoms with van der Waals surface area (Å²) >= 11 is 4.18. The number of piperazine rings is 1. The molecule has 0 bridgehead atoms. The zero-order valence-electron chi connectivity index (χ0n) is 22.5. The summed E-state index contributed by atoms with van der Waals surface area (Å²) in [4.78, 5) is 34.8. The average Bonchev–Trinajstić information content (AvgIpc) is 3.48. The van der Waals surface area contributed by atoms with Gasteiger partial charge in [0.1, 0.15) is 10.7 Å². The number of anilines is 1. The Morgan fingerprint density at radius 2 is 1.84 bits per heavy atom. The van der Waals surface area contributed by atoms with Crippen molar-refractivity contribution in [2.45, 2.75) is 56.5 Å². The predicted molar refractivity (Wildman–Crippen MR) is 154 cm³/mol. The predicted octanol–water partition coefficient (Wildman–Crippen LogP) is 1.48. The quantitative estimate of drug-likeness (QED) is 0.361. The fourth-order valence-corrected chi connectivity index (χ4v) is 6.60. The van der Waals surface area contributed by atoms with Crippen LogP contribution in [-0.4, -0.2) is 81.5 Å². The first-order valence-corrected chi connectivity index (χ1v) is 14.3. The Bertz CT molecular complexity index is 1190. The maximum Gasteiger partial charge on any atom is 0.354 e. The lowest BCUT2D eigenvalue weighted by Crippen LogP contribution is -2.56. The van der Waals surface area contributed by atoms with E-state index in [1.54, 1.807) is 22.6 Å². The second kappa shape index (κ2) is 11.0. The van der Waals surface area contributed by atoms with Gasteiger partial charge in [-0.05, 0) is 68.2 Å². The molecule has 2 aliphatic heterocycles. The number of rotatable bonds is 7. The van der Waals surface area contributed by atoms with E-state index in [1.807, 2.05) is 23.1 Å². The van der Waals surface area contributed by atoms with Crippen LogP contribution in [0.25, 0.3) is 5.69 Å². The van der Waals surface area contributed by atoms with Gasteiger partial charge in [-0.25, -0.2) is 4.79 Å². The third kappa shape index (κ3) is 5.64. The van der Waals surface area contributed by atoms with Gasteiger partial charge in [-0.3, -0.25) is 14.3 Å². The molecular formula is C28H41N7O2S. The van der Waals surface area contributed by atoms with Crippen LogP contribution in [0.15, 0.2) is 41.3 Å². The van der Waals surface area contributed by atoms with Gasteiger partial charge in [0.25, 0.3) is 5.91 Å². The van der Waals surface area contributed by atoms with Crippen molar-refractivity contribution in [1.82, 2.24) is 19.4 Å². The number of carbonyl (C=O) groups excluding carboxylic acids is 1. The Hall–Kier alpha value is -2.40. The van der Waals surface area contributed by atoms with Gasteiger partial charge in [-0.2, -0.15) is 4.98 Å². The summed E-state index contributed by atoms with van der Waals surface area (Å²) in [7, 11) is 0. The van der Waals surface area contributed by atoms with Crippen molar-refractivity contribution in [2.24, 2.45) is 23.3 Å². The second-order valence-corrected chi connectivity index (χ2v) is 12.3. The fraction of sp³-hybridized carbons (Fsp3) is 0.607. The molecule has 3 aliphatic rings. The molecule has 206 valence electrons. The van der Waals surface area contributed by atoms with Crippen molar-refractivity contribution < 1.29 is 4.79 Å². The topological polar surface area (TPSA) is 114 Å². The molecule has 10 heteroatoms. The molecule has 5 rings (SSSR count). The number of hydrogen-bond donors (Lipinski definition) is 3. The molecule has 0 spiro atoms. The van der Waals surface area contributed by atoms with Crippen molar-refractivity contribution in [3.63, 3.8) is 0 Å². The highest BCUT2D eigenvalue weighted by atomic mass is 32.1. The zero-order chi connectivity index (χ0) is 27.0. The summed E-state index contributed by atoms with van der Waals surface area (Å²) in [5, 5.41) is 0. The van der Waals surface area contributed by atoms with E-state index in [-0.39, 0.29) is 11.6 Å². The Balaban J connectivity index is 1.20. The highest BCUT2D eigenvalue weighted by molar-refractivity contribution is 7.82. The number of amides is 1. The normalized spacial score (nSPS) is 26.3. The van der Waals surface area contributed by atoms with Crippen LogP contribution in [0.5, 0.6) is 0 Å². The van der Waals surface area contributed by atoms with E-state index in [1.165, 1.54) is 24.9 Å². The molecule has 38 heavy (non-hydrogen) atoms. The molecule has 1 amide bonds. The molecule has 1 aliphatic carbocycles. The number of aromatic nitrogens is 2. The number of nitrogens with zero attached hydrogens (tertiary/aromatic N) is 5. The van der Waals surface area contributed by atoms with Crippen LogP contribution >= 0.6 is 12.6 Å². The molecular weight excluding hydrogens is 498 g/mol. The minimum atomic E-state index is -1.19. The van der Waals surface area contributed by atoms with Gasteiger partial charge in [-0.1, -0.05) is 19.1 Å². The molecule has 5 unspecified atom stereocenters. The number of thiol groups is 1. The van der Waals surface area contributed by atoms with Gasteiger partial charge in [0.05, 0.1) is 5.69 Å². The van der Waals surface area contributed by atoms with Gasteiger partial charge >= 0.3 is 5.69 Å². The first-order valence-electron chi connectivity index (χ1n) is 13.9. The summed E-state index contributed by atoms with van der Waals surface area (Å²) in [6.45, 7) is 8.37. The Morgan fingerprint density at radius 3 is 2.45 bits per heavy atom. The molecule has 2 aromatic rings. The number of fused-ring (bicyclic) bond motifs is 1. The van der Waals surface area contributed by atoms with Gasteiger partial charge in [0.2, 0.25) is 0 Å². The molecule has 1 aromatic carbocycles. The molecule has 9 nitrogen and oxygen atoms in total. The molecule has 4 N–H and O–H groups in total. The van der Waals surface area contributed by atoms with Crippen LogP contribution in [0.2, 0.25) is 0 Å². The number of hydrogen-bond acceptors (Lipinski definition) is 8. The van der Waals surface area contributed by atoms with Gasteiger partial charge < -0.3 is 21.3 Å². The zero-order valence-corrected chi connectivity index (χ0v) is 23.4. The Kier molecular flexibility index (Phi) is 7.86. The molecule has 1 aromatic heterocycles. The number of likely N-dealkylation sites (tertiary alicyclic amines) is 1. The lowest BCUT2D eigenvalue weighted by molar-refractivity contribution is -0.133. The summed E-state index contributed by atoms with van der Waals surface area (Å²) in [5.41, 5.74) is 14.0. The molecule has 0 radical (unpaired) electrons. The van der Waals surface area contributed by atoms with Crippen LogP contribution in [-0.2, 0) is 11.2 Å². The van der Waals surface area contributed by atoms with E-state index >= 15 is 0 Å². The average molecular weight is 540 g/mol. The van der Waals surface area contributed by atoms with Gasteiger partial charge in [-0.15, -0.1) is 12.6 Å². The first-order chi connectivity index (χ1) is 18.1. The van der Waals surface area contributed by atoms with Crippen molar-refractivity contribution in [1.29, 1.82) is 0 Å². The second-order valence-electron chi connectivity index (χ2n) is 11.4. The van der Waals surface area contributed by atoms with Crippen LogP contribution < -0.4 is 22.1 Å². The van der Waals surface area contributed by atoms with Crippen molar-refractivity contribution in [2.75, 3.05) is 44.2 Å². The van der Waals surface area contributed by atoms with Crippen molar-refractivity contribution in [3.05, 3.63) is 52.6 Å². The minimum Gasteiger partial charge on any atom is -0.353 e. The van der Waals surface area contributed by atoms with E-state index < -0.39 is 4.87 Å². The third-order valence-electron chi connectivity index (χ3n) is 8.73. The van der Waals surface area contributed by atoms with Crippen LogP contribution in [0.3, 0.4) is 0 Å². The van der Waals surface area contributed by atoms with E-state index in [0.717, 1.165) is 31.0 Å². The minimum absolute atomic E-state index is 0.190. The van der Waals surface area contributed by atoms with Gasteiger partial charge in [0.15, 0.2) is 0 Å². The number of benzene rings is 1. The van der Waals surface area contributed by atoms with Gasteiger partial charge in [0, 0.05) is 57.5 Å². The summed E-state index contributed by atoms with van der Waals surface area (Å²) in [6.07, 6.45) is 6.35. The largest absolute Gasteiger partial charge is 0.354 e. The highest BCUT2D eigenvalue weighted by Crippen LogP contribution is 2.38. The maximum atomic E-state index is 12.9. The first kappa shape index (κ1) is 27.2. The molecule has 2 saturated heterocycles. The Morgan fingerprint density at radius 1 is 1.13 bits per heavy atom. The highest BCUT2D eigenvalue weighted by Gasteiger charge is 2.42. The van der Waals surface area contributed by atoms with E-state index in [0.29, 0.717) is 50.0 Å². The fourth-order valence-electron chi connectivity index (χ4n) is 6.46. The molecule has 3 heterocycles. The van der Waals surface area contributed by atoms with E-state index in [2.05, 4.69) is 41.6 Å². The maximum absolute atomic E-state index is 12.9. The van der Waals surface area contributed by atoms with Crippen molar-refractivity contribution in [3.8, 4) is 5.69 Å². The lowest BCUT2D eigenvalue weighted by Gasteiger charge is -2.37. The summed E-state index contributed by atoms with van der Waals surface area (Å²) < 4.78 is 1.58. The standard InChI is InChI=1S/C28H41N7O2S/c1-3-21(34-17-20-6-9-24(29)23(20)18-34)16-19-4-7-22(8-5-19)35-11-10-25(31-27(35)37)32-12-14-33(15-13-32)26(36)28(2,30)38/h4-5,7-8,10-11,20-21,23-24,38H,3,6,9,12-18,29-30H2,1-2H3. The Labute approximate surface area is 230 Å². The third-order valence-corrected chi connectivity index (χ3v) is 8.92. The molecule has 1 saturated carbocycles. The van der Waals surface area contributed by atoms with Crippen LogP contribution in [0, 0.1) is 11.8 Å². The van der Waals surface area contributed by atoms with Crippen LogP contribution in [0.1, 0.15) is 38.7 Å². The SMILES string of the molecule is CCC(Cc1ccc(-n2ccc(N3CCN(C(=O)C(C)(N)S)CC3)nc2=O)cc1)N1CC2CCC(N)C2C1. The molecule has 5 atom stereocenters. The monoisotopic (exact) mass is 539 g/mol. The lowest BCUT2D eigenvalue weighted by atomic mass is 9.98. The number of nitrogens with two attached hydrogens (primary N) is 2. The van der Waals surface area contributed by atoms with E-state index in [9.17, 15) is 9.59 Å². The number of carbonyl (C=O) groups is 1. The van der Waals surface area contributed by atoms with Crippen LogP contribution in [0.4, 0.5) is 5.82 Å². The van der Waals surface area contributed by atoms with Crippen molar-refractivity contribution >= 4 is 24.4 Å². The summed E-state index contributed by atoms with van der Waals surface area (Å²) in [5.74, 6) is 1.86. The molecule has 3 fully saturated rings. The smallest absolute Gasteiger partial charge is 0.353 e.